The van der Waals surface area contributed by atoms with Gasteiger partial charge in [0.25, 0.3) is 0 Å². The fourth-order valence-corrected chi connectivity index (χ4v) is 2.94. The van der Waals surface area contributed by atoms with Gasteiger partial charge >= 0.3 is 0 Å². The molecule has 0 bridgehead atoms. The van der Waals surface area contributed by atoms with Crippen molar-refractivity contribution in [2.24, 2.45) is 0 Å². The average Bonchev–Trinajstić information content (AvgIpc) is 2.14. The highest BCUT2D eigenvalue weighted by molar-refractivity contribution is 7.99. The van der Waals surface area contributed by atoms with Crippen LogP contribution in [0.4, 0.5) is 0 Å². The van der Waals surface area contributed by atoms with E-state index in [0.29, 0.717) is 0 Å². The van der Waals surface area contributed by atoms with E-state index < -0.39 is 0 Å². The Hall–Kier alpha value is -0.160. The molecule has 0 N–H and O–H groups in total. The minimum absolute atomic E-state index is 0.736. The zero-order valence-electron chi connectivity index (χ0n) is 7.59. The van der Waals surface area contributed by atoms with Crippen LogP contribution in [-0.2, 0) is 0 Å². The van der Waals surface area contributed by atoms with Gasteiger partial charge in [-0.2, -0.15) is 17.0 Å². The molecule has 1 aliphatic carbocycles. The third kappa shape index (κ3) is 4.01. The van der Waals surface area contributed by atoms with Gasteiger partial charge in [0.1, 0.15) is 0 Å². The smallest absolute Gasteiger partial charge is 0.0622 e. The summed E-state index contributed by atoms with van der Waals surface area (Å²) in [6.45, 7) is 0. The van der Waals surface area contributed by atoms with Crippen molar-refractivity contribution in [1.29, 1.82) is 5.26 Å². The first kappa shape index (κ1) is 9.92. The third-order valence-corrected chi connectivity index (χ3v) is 3.81. The quantitative estimate of drug-likeness (QED) is 0.624. The van der Waals surface area contributed by atoms with E-state index >= 15 is 0 Å². The molecule has 1 aliphatic rings. The Labute approximate surface area is 79.5 Å². The van der Waals surface area contributed by atoms with E-state index in [2.05, 4.69) is 17.8 Å². The second kappa shape index (κ2) is 6.37. The van der Waals surface area contributed by atoms with Crippen molar-refractivity contribution in [1.82, 2.24) is 0 Å². The van der Waals surface area contributed by atoms with Crippen LogP contribution < -0.4 is 0 Å². The lowest BCUT2D eigenvalue weighted by Crippen LogP contribution is -2.08. The largest absolute Gasteiger partial charge is 0.198 e. The van der Waals surface area contributed by atoms with Crippen molar-refractivity contribution in [2.45, 2.75) is 50.2 Å². The van der Waals surface area contributed by atoms with Gasteiger partial charge < -0.3 is 0 Å². The van der Waals surface area contributed by atoms with Gasteiger partial charge in [0.2, 0.25) is 0 Å². The fraction of sp³-hybridized carbons (Fsp3) is 0.900. The highest BCUT2D eigenvalue weighted by atomic mass is 32.2. The van der Waals surface area contributed by atoms with Crippen LogP contribution in [-0.4, -0.2) is 11.0 Å². The van der Waals surface area contributed by atoms with Gasteiger partial charge in [-0.05, 0) is 25.0 Å². The van der Waals surface area contributed by atoms with Crippen molar-refractivity contribution in [2.75, 3.05) is 5.75 Å². The van der Waals surface area contributed by atoms with Crippen LogP contribution in [0.5, 0.6) is 0 Å². The first-order valence-electron chi connectivity index (χ1n) is 4.92. The predicted octanol–water partition coefficient (Wildman–Crippen LogP) is 3.36. The zero-order chi connectivity index (χ0) is 8.65. The molecule has 0 saturated heterocycles. The highest BCUT2D eigenvalue weighted by Gasteiger charge is 2.12. The molecule has 0 radical (unpaired) electrons. The second-order valence-electron chi connectivity index (χ2n) is 3.39. The lowest BCUT2D eigenvalue weighted by molar-refractivity contribution is 0.516. The van der Waals surface area contributed by atoms with Gasteiger partial charge in [0, 0.05) is 11.7 Å². The van der Waals surface area contributed by atoms with E-state index in [1.165, 1.54) is 37.9 Å². The molecule has 0 aliphatic heterocycles. The maximum absolute atomic E-state index is 8.34. The van der Waals surface area contributed by atoms with Crippen molar-refractivity contribution in [3.05, 3.63) is 0 Å². The maximum Gasteiger partial charge on any atom is 0.0622 e. The molecule has 0 heterocycles. The average molecular weight is 183 g/mol. The summed E-state index contributed by atoms with van der Waals surface area (Å²) in [5.41, 5.74) is 0. The van der Waals surface area contributed by atoms with Gasteiger partial charge in [-0.15, -0.1) is 0 Å². The van der Waals surface area contributed by atoms with E-state index in [-0.39, 0.29) is 0 Å². The molecule has 2 heteroatoms. The number of hydrogen-bond acceptors (Lipinski definition) is 2. The Morgan fingerprint density at radius 3 is 2.67 bits per heavy atom. The Morgan fingerprint density at radius 1 is 1.25 bits per heavy atom. The van der Waals surface area contributed by atoms with Crippen LogP contribution in [0.1, 0.15) is 44.9 Å². The summed E-state index contributed by atoms with van der Waals surface area (Å²) in [6, 6.07) is 2.19. The van der Waals surface area contributed by atoms with Crippen LogP contribution in [0.2, 0.25) is 0 Å². The number of thioether (sulfide) groups is 1. The molecule has 0 spiro atoms. The Morgan fingerprint density at radius 2 is 2.00 bits per heavy atom. The summed E-state index contributed by atoms with van der Waals surface area (Å²) in [6.07, 6.45) is 8.94. The SMILES string of the molecule is N#CCCCSC1CCCCC1. The number of nitrogens with zero attached hydrogens (tertiary/aromatic N) is 1. The van der Waals surface area contributed by atoms with Crippen LogP contribution in [0.25, 0.3) is 0 Å². The maximum atomic E-state index is 8.34. The first-order valence-corrected chi connectivity index (χ1v) is 5.97. The Balaban J connectivity index is 1.95. The molecule has 0 aromatic rings. The van der Waals surface area contributed by atoms with E-state index in [0.717, 1.165) is 18.1 Å². The van der Waals surface area contributed by atoms with Gasteiger partial charge in [-0.3, -0.25) is 0 Å². The standard InChI is InChI=1S/C10H17NS/c11-8-4-5-9-12-10-6-2-1-3-7-10/h10H,1-7,9H2. The molecule has 1 nitrogen and oxygen atoms in total. The molecule has 0 amide bonds. The molecule has 0 aromatic heterocycles. The lowest BCUT2D eigenvalue weighted by Gasteiger charge is -2.20. The zero-order valence-corrected chi connectivity index (χ0v) is 8.41. The number of nitriles is 1. The number of hydrogen-bond donors (Lipinski definition) is 0. The van der Waals surface area contributed by atoms with E-state index in [4.69, 9.17) is 5.26 Å². The van der Waals surface area contributed by atoms with E-state index in [1.807, 2.05) is 0 Å². The monoisotopic (exact) mass is 183 g/mol. The van der Waals surface area contributed by atoms with Crippen molar-refractivity contribution in [3.63, 3.8) is 0 Å². The van der Waals surface area contributed by atoms with Crippen molar-refractivity contribution in [3.8, 4) is 6.07 Å². The third-order valence-electron chi connectivity index (χ3n) is 2.34. The van der Waals surface area contributed by atoms with E-state index in [1.54, 1.807) is 0 Å². The summed E-state index contributed by atoms with van der Waals surface area (Å²) in [5, 5.41) is 9.26. The van der Waals surface area contributed by atoms with Gasteiger partial charge in [0.05, 0.1) is 6.07 Å². The summed E-state index contributed by atoms with van der Waals surface area (Å²) in [5.74, 6) is 1.19. The summed E-state index contributed by atoms with van der Waals surface area (Å²) >= 11 is 2.09. The van der Waals surface area contributed by atoms with Crippen LogP contribution in [0.3, 0.4) is 0 Å². The molecule has 1 saturated carbocycles. The topological polar surface area (TPSA) is 23.8 Å². The fourth-order valence-electron chi connectivity index (χ4n) is 1.63. The minimum atomic E-state index is 0.736. The highest BCUT2D eigenvalue weighted by Crippen LogP contribution is 2.28. The molecular weight excluding hydrogens is 166 g/mol. The second-order valence-corrected chi connectivity index (χ2v) is 4.80. The van der Waals surface area contributed by atoms with Crippen LogP contribution >= 0.6 is 11.8 Å². The molecular formula is C10H17NS. The minimum Gasteiger partial charge on any atom is -0.198 e. The number of rotatable bonds is 4. The van der Waals surface area contributed by atoms with E-state index in [9.17, 15) is 0 Å². The van der Waals surface area contributed by atoms with Gasteiger partial charge in [0.15, 0.2) is 0 Å². The molecule has 68 valence electrons. The van der Waals surface area contributed by atoms with Crippen LogP contribution in [0.15, 0.2) is 0 Å². The summed E-state index contributed by atoms with van der Waals surface area (Å²) in [4.78, 5) is 0. The van der Waals surface area contributed by atoms with Crippen molar-refractivity contribution >= 4 is 11.8 Å². The van der Waals surface area contributed by atoms with Crippen molar-refractivity contribution < 1.29 is 0 Å². The number of unbranched alkanes of at least 4 members (excludes halogenated alkanes) is 1. The Kier molecular flexibility index (Phi) is 5.27. The first-order chi connectivity index (χ1) is 5.93. The summed E-state index contributed by atoms with van der Waals surface area (Å²) < 4.78 is 0. The van der Waals surface area contributed by atoms with Gasteiger partial charge in [-0.25, -0.2) is 0 Å². The summed E-state index contributed by atoms with van der Waals surface area (Å²) in [7, 11) is 0. The molecule has 1 fully saturated rings. The molecule has 12 heavy (non-hydrogen) atoms. The van der Waals surface area contributed by atoms with Crippen LogP contribution in [0, 0.1) is 11.3 Å². The molecule has 0 atom stereocenters. The Bertz CT molecular complexity index is 144. The van der Waals surface area contributed by atoms with Gasteiger partial charge in [-0.1, -0.05) is 19.3 Å². The predicted molar refractivity (Wildman–Crippen MR) is 54.2 cm³/mol. The normalized spacial score (nSPS) is 18.9. The molecule has 1 rings (SSSR count). The molecule has 0 aromatic carbocycles. The molecule has 0 unspecified atom stereocenters. The lowest BCUT2D eigenvalue weighted by atomic mass is 10.0.